The van der Waals surface area contributed by atoms with Crippen LogP contribution in [0, 0.1) is 5.92 Å². The smallest absolute Gasteiger partial charge is 0.407 e. The highest BCUT2D eigenvalue weighted by atomic mass is 16.6. The molecule has 1 saturated carbocycles. The number of amides is 1. The van der Waals surface area contributed by atoms with Crippen molar-refractivity contribution in [1.82, 2.24) is 10.3 Å². The predicted octanol–water partition coefficient (Wildman–Crippen LogP) is 3.89. The molecule has 2 atom stereocenters. The van der Waals surface area contributed by atoms with Crippen molar-refractivity contribution in [3.05, 3.63) is 24.6 Å². The van der Waals surface area contributed by atoms with Gasteiger partial charge in [-0.05, 0) is 52.2 Å². The summed E-state index contributed by atoms with van der Waals surface area (Å²) in [5, 5.41) is 6.88. The topological polar surface area (TPSA) is 93.5 Å². The molecular formula is C20H27N3O4. The lowest BCUT2D eigenvalue weighted by Crippen LogP contribution is -2.43. The molecule has 2 N–H and O–H groups in total. The highest BCUT2D eigenvalue weighted by Gasteiger charge is 2.29. The standard InChI is InChI=1S/C20H27N3O4/c1-20(2,3)27-19(25)23-14-6-4-5-13(11-14)16(24)12-22-18-15-8-10-26-17(15)7-9-21-18/h7-10,13-14H,4-6,11-12H2,1-3H3,(H,21,22)(H,23,25)/t13-,14+/m0/s1. The maximum absolute atomic E-state index is 12.6. The lowest BCUT2D eigenvalue weighted by Gasteiger charge is -2.30. The number of rotatable bonds is 5. The van der Waals surface area contributed by atoms with Gasteiger partial charge in [-0.2, -0.15) is 0 Å². The first-order chi connectivity index (χ1) is 12.8. The number of pyridine rings is 1. The third-order valence-corrected chi connectivity index (χ3v) is 4.66. The first kappa shape index (κ1) is 19.2. The van der Waals surface area contributed by atoms with Crippen LogP contribution in [0.1, 0.15) is 46.5 Å². The van der Waals surface area contributed by atoms with Gasteiger partial charge < -0.3 is 19.8 Å². The van der Waals surface area contributed by atoms with Crippen LogP contribution in [0.5, 0.6) is 0 Å². The molecule has 1 amide bonds. The number of Topliss-reactive ketones (excluding diaryl/α,β-unsaturated/α-hetero) is 1. The van der Waals surface area contributed by atoms with E-state index in [4.69, 9.17) is 9.15 Å². The van der Waals surface area contributed by atoms with Crippen LogP contribution in [0.25, 0.3) is 11.0 Å². The Bertz CT molecular complexity index is 809. The Morgan fingerprint density at radius 1 is 1.30 bits per heavy atom. The van der Waals surface area contributed by atoms with Gasteiger partial charge >= 0.3 is 6.09 Å². The maximum Gasteiger partial charge on any atom is 0.407 e. The number of ether oxygens (including phenoxy) is 1. The number of nitrogens with one attached hydrogen (secondary N) is 2. The molecule has 2 aromatic rings. The Labute approximate surface area is 158 Å². The van der Waals surface area contributed by atoms with E-state index in [-0.39, 0.29) is 24.3 Å². The minimum Gasteiger partial charge on any atom is -0.464 e. The molecule has 0 saturated heterocycles. The number of nitrogens with zero attached hydrogens (tertiary/aromatic N) is 1. The van der Waals surface area contributed by atoms with Crippen molar-refractivity contribution >= 4 is 28.7 Å². The molecule has 7 nitrogen and oxygen atoms in total. The molecule has 0 unspecified atom stereocenters. The number of hydrogen-bond acceptors (Lipinski definition) is 6. The van der Waals surface area contributed by atoms with Crippen molar-refractivity contribution in [2.45, 2.75) is 58.1 Å². The second kappa shape index (κ2) is 7.98. The first-order valence-electron chi connectivity index (χ1n) is 9.40. The van der Waals surface area contributed by atoms with Crippen molar-refractivity contribution in [2.75, 3.05) is 11.9 Å². The van der Waals surface area contributed by atoms with Crippen LogP contribution in [0.15, 0.2) is 29.0 Å². The Balaban J connectivity index is 1.52. The van der Waals surface area contributed by atoms with Gasteiger partial charge in [0.1, 0.15) is 17.0 Å². The van der Waals surface area contributed by atoms with E-state index in [0.29, 0.717) is 12.2 Å². The summed E-state index contributed by atoms with van der Waals surface area (Å²) < 4.78 is 10.7. The molecule has 1 aliphatic carbocycles. The fourth-order valence-corrected chi connectivity index (χ4v) is 3.44. The van der Waals surface area contributed by atoms with Crippen molar-refractivity contribution in [1.29, 1.82) is 0 Å². The number of carbonyl (C=O) groups excluding carboxylic acids is 2. The van der Waals surface area contributed by atoms with E-state index in [2.05, 4.69) is 15.6 Å². The molecule has 0 aromatic carbocycles. The number of aromatic nitrogens is 1. The average Bonchev–Trinajstić information content (AvgIpc) is 3.07. The van der Waals surface area contributed by atoms with Gasteiger partial charge in [0.2, 0.25) is 0 Å². The van der Waals surface area contributed by atoms with E-state index in [9.17, 15) is 9.59 Å². The number of anilines is 1. The Morgan fingerprint density at radius 2 is 2.11 bits per heavy atom. The summed E-state index contributed by atoms with van der Waals surface area (Å²) >= 11 is 0. The van der Waals surface area contributed by atoms with Gasteiger partial charge in [-0.1, -0.05) is 6.42 Å². The summed E-state index contributed by atoms with van der Waals surface area (Å²) in [6, 6.07) is 3.59. The van der Waals surface area contributed by atoms with Gasteiger partial charge in [-0.3, -0.25) is 4.79 Å². The highest BCUT2D eigenvalue weighted by molar-refractivity contribution is 5.91. The summed E-state index contributed by atoms with van der Waals surface area (Å²) in [4.78, 5) is 28.9. The number of furan rings is 1. The van der Waals surface area contributed by atoms with Gasteiger partial charge in [0.05, 0.1) is 18.2 Å². The van der Waals surface area contributed by atoms with Crippen molar-refractivity contribution < 1.29 is 18.7 Å². The molecule has 7 heteroatoms. The van der Waals surface area contributed by atoms with Gasteiger partial charge in [-0.25, -0.2) is 9.78 Å². The van der Waals surface area contributed by atoms with E-state index in [1.54, 1.807) is 18.5 Å². The molecule has 0 bridgehead atoms. The van der Waals surface area contributed by atoms with Crippen molar-refractivity contribution in [3.63, 3.8) is 0 Å². The molecule has 2 heterocycles. The largest absolute Gasteiger partial charge is 0.464 e. The van der Waals surface area contributed by atoms with Gasteiger partial charge in [0.15, 0.2) is 5.78 Å². The zero-order valence-corrected chi connectivity index (χ0v) is 16.1. The fourth-order valence-electron chi connectivity index (χ4n) is 3.44. The molecule has 1 aliphatic rings. The Kier molecular flexibility index (Phi) is 5.68. The lowest BCUT2D eigenvalue weighted by atomic mass is 9.83. The normalized spacial score (nSPS) is 20.3. The van der Waals surface area contributed by atoms with E-state index in [1.165, 1.54) is 0 Å². The van der Waals surface area contributed by atoms with Crippen LogP contribution in [0.3, 0.4) is 0 Å². The molecule has 1 fully saturated rings. The van der Waals surface area contributed by atoms with Crippen molar-refractivity contribution in [3.8, 4) is 0 Å². The van der Waals surface area contributed by atoms with Crippen LogP contribution in [-0.2, 0) is 9.53 Å². The van der Waals surface area contributed by atoms with E-state index >= 15 is 0 Å². The molecule has 3 rings (SSSR count). The van der Waals surface area contributed by atoms with Crippen LogP contribution in [-0.4, -0.2) is 35.0 Å². The number of alkyl carbamates (subject to hydrolysis) is 1. The quantitative estimate of drug-likeness (QED) is 0.826. The predicted molar refractivity (Wildman–Crippen MR) is 103 cm³/mol. The monoisotopic (exact) mass is 373 g/mol. The third kappa shape index (κ3) is 5.21. The molecule has 2 aromatic heterocycles. The Hall–Kier alpha value is -2.57. The molecule has 146 valence electrons. The zero-order valence-electron chi connectivity index (χ0n) is 16.1. The second-order valence-electron chi connectivity index (χ2n) is 8.02. The van der Waals surface area contributed by atoms with Gasteiger partial charge in [-0.15, -0.1) is 0 Å². The SMILES string of the molecule is CC(C)(C)OC(=O)N[C@@H]1CCC[C@H](C(=O)CNc2nccc3occc23)C1. The summed E-state index contributed by atoms with van der Waals surface area (Å²) in [7, 11) is 0. The highest BCUT2D eigenvalue weighted by Crippen LogP contribution is 2.26. The van der Waals surface area contributed by atoms with Crippen LogP contribution >= 0.6 is 0 Å². The molecular weight excluding hydrogens is 346 g/mol. The number of hydrogen-bond donors (Lipinski definition) is 2. The summed E-state index contributed by atoms with van der Waals surface area (Å²) in [6.07, 6.45) is 6.10. The third-order valence-electron chi connectivity index (χ3n) is 4.66. The van der Waals surface area contributed by atoms with Crippen LogP contribution < -0.4 is 10.6 Å². The summed E-state index contributed by atoms with van der Waals surface area (Å²) in [5.74, 6) is 0.705. The molecule has 27 heavy (non-hydrogen) atoms. The average molecular weight is 373 g/mol. The van der Waals surface area contributed by atoms with Gasteiger partial charge in [0.25, 0.3) is 0 Å². The lowest BCUT2D eigenvalue weighted by molar-refractivity contribution is -0.122. The van der Waals surface area contributed by atoms with Crippen molar-refractivity contribution in [2.24, 2.45) is 5.92 Å². The summed E-state index contributed by atoms with van der Waals surface area (Å²) in [6.45, 7) is 5.71. The van der Waals surface area contributed by atoms with E-state index < -0.39 is 11.7 Å². The molecule has 0 spiro atoms. The van der Waals surface area contributed by atoms with Crippen LogP contribution in [0.2, 0.25) is 0 Å². The van der Waals surface area contributed by atoms with E-state index in [0.717, 1.165) is 30.2 Å². The summed E-state index contributed by atoms with van der Waals surface area (Å²) in [5.41, 5.74) is 0.207. The minimum atomic E-state index is -0.529. The number of fused-ring (bicyclic) bond motifs is 1. The molecule has 0 radical (unpaired) electrons. The van der Waals surface area contributed by atoms with Crippen LogP contribution in [0.4, 0.5) is 10.6 Å². The number of ketones is 1. The first-order valence-corrected chi connectivity index (χ1v) is 9.40. The fraction of sp³-hybridized carbons (Fsp3) is 0.550. The zero-order chi connectivity index (χ0) is 19.4. The molecule has 0 aliphatic heterocycles. The number of carbonyl (C=O) groups is 2. The van der Waals surface area contributed by atoms with Gasteiger partial charge in [0, 0.05) is 18.2 Å². The Morgan fingerprint density at radius 3 is 2.89 bits per heavy atom. The minimum absolute atomic E-state index is 0.0296. The second-order valence-corrected chi connectivity index (χ2v) is 8.02. The van der Waals surface area contributed by atoms with E-state index in [1.807, 2.05) is 26.8 Å². The maximum atomic E-state index is 12.6.